The van der Waals surface area contributed by atoms with E-state index in [-0.39, 0.29) is 12.5 Å². The largest absolute Gasteiger partial charge is 0.493 e. The van der Waals surface area contributed by atoms with Gasteiger partial charge in [-0.2, -0.15) is 0 Å². The minimum Gasteiger partial charge on any atom is -0.493 e. The van der Waals surface area contributed by atoms with Crippen LogP contribution in [0.15, 0.2) is 24.0 Å². The van der Waals surface area contributed by atoms with Gasteiger partial charge in [0.2, 0.25) is 0 Å². The van der Waals surface area contributed by atoms with Crippen LogP contribution in [-0.4, -0.2) is 66.5 Å². The predicted octanol–water partition coefficient (Wildman–Crippen LogP) is 2.25. The van der Waals surface area contributed by atoms with E-state index in [1.165, 1.54) is 6.92 Å². The topological polar surface area (TPSA) is 94.5 Å². The first-order valence-corrected chi connectivity index (χ1v) is 11.7. The Hall–Kier alpha value is -2.58. The molecule has 1 unspecified atom stereocenters. The molecule has 1 N–H and O–H groups in total. The molecule has 33 heavy (non-hydrogen) atoms. The lowest BCUT2D eigenvalue weighted by molar-refractivity contribution is -0.175. The van der Waals surface area contributed by atoms with E-state index in [1.807, 2.05) is 20.0 Å². The maximum absolute atomic E-state index is 12.8. The van der Waals surface area contributed by atoms with Crippen LogP contribution >= 0.6 is 0 Å². The van der Waals surface area contributed by atoms with Crippen LogP contribution in [-0.2, 0) is 30.9 Å². The number of nitrogens with zero attached hydrogens (tertiary/aromatic N) is 1. The Morgan fingerprint density at radius 2 is 2.15 bits per heavy atom. The number of hydrogen-bond donors (Lipinski definition) is 1. The van der Waals surface area contributed by atoms with Crippen LogP contribution in [0.1, 0.15) is 50.7 Å². The summed E-state index contributed by atoms with van der Waals surface area (Å²) in [7, 11) is 3.64. The van der Waals surface area contributed by atoms with Gasteiger partial charge in [-0.15, -0.1) is 0 Å². The molecule has 1 fully saturated rings. The second-order valence-corrected chi connectivity index (χ2v) is 9.59. The summed E-state index contributed by atoms with van der Waals surface area (Å²) in [5.41, 5.74) is 0.296. The summed E-state index contributed by atoms with van der Waals surface area (Å²) in [6, 6.07) is 3.87. The fourth-order valence-corrected chi connectivity index (χ4v) is 6.30. The first-order valence-electron chi connectivity index (χ1n) is 11.7. The van der Waals surface area contributed by atoms with Crippen LogP contribution in [0.25, 0.3) is 0 Å². The highest BCUT2D eigenvalue weighted by Crippen LogP contribution is 2.65. The number of esters is 2. The Labute approximate surface area is 193 Å². The third kappa shape index (κ3) is 2.96. The van der Waals surface area contributed by atoms with Crippen molar-refractivity contribution in [3.63, 3.8) is 0 Å². The highest BCUT2D eigenvalue weighted by Gasteiger charge is 2.72. The van der Waals surface area contributed by atoms with Crippen molar-refractivity contribution in [2.45, 2.75) is 75.2 Å². The van der Waals surface area contributed by atoms with Crippen LogP contribution in [0.5, 0.6) is 11.5 Å². The van der Waals surface area contributed by atoms with Crippen molar-refractivity contribution < 1.29 is 33.6 Å². The van der Waals surface area contributed by atoms with Gasteiger partial charge >= 0.3 is 11.9 Å². The molecule has 2 heterocycles. The molecule has 2 bridgehead atoms. The van der Waals surface area contributed by atoms with Crippen molar-refractivity contribution in [2.75, 3.05) is 20.7 Å². The maximum atomic E-state index is 12.8. The highest BCUT2D eigenvalue weighted by atomic mass is 16.6. The second kappa shape index (κ2) is 7.74. The number of carbonyl (C=O) groups excluding carboxylic acids is 2. The van der Waals surface area contributed by atoms with Crippen LogP contribution in [0.2, 0.25) is 0 Å². The molecule has 1 aromatic rings. The highest BCUT2D eigenvalue weighted by molar-refractivity contribution is 5.80. The number of methoxy groups -OCH3 is 1. The Balaban J connectivity index is 1.53. The fraction of sp³-hybridized carbons (Fsp3) is 0.600. The first-order chi connectivity index (χ1) is 15.8. The summed E-state index contributed by atoms with van der Waals surface area (Å²) in [4.78, 5) is 26.9. The number of aliphatic hydroxyl groups is 1. The predicted molar refractivity (Wildman–Crippen MR) is 118 cm³/mol. The van der Waals surface area contributed by atoms with Gasteiger partial charge in [0, 0.05) is 24.4 Å². The van der Waals surface area contributed by atoms with Gasteiger partial charge in [-0.3, -0.25) is 4.79 Å². The molecule has 1 aromatic carbocycles. The molecule has 178 valence electrons. The van der Waals surface area contributed by atoms with Crippen molar-refractivity contribution in [1.82, 2.24) is 4.90 Å². The zero-order valence-electron chi connectivity index (χ0n) is 19.6. The van der Waals surface area contributed by atoms with Gasteiger partial charge in [0.15, 0.2) is 23.7 Å². The minimum atomic E-state index is -1.07. The van der Waals surface area contributed by atoms with Gasteiger partial charge in [-0.25, -0.2) is 4.79 Å². The molecule has 0 radical (unpaired) electrons. The summed E-state index contributed by atoms with van der Waals surface area (Å²) in [6.07, 6.45) is 2.65. The zero-order chi connectivity index (χ0) is 23.5. The number of likely N-dealkylation sites (N-methyl/N-ethyl adjacent to an activating group) is 1. The number of carbonyl (C=O) groups is 2. The van der Waals surface area contributed by atoms with E-state index in [2.05, 4.69) is 11.0 Å². The van der Waals surface area contributed by atoms with E-state index in [0.717, 1.165) is 17.7 Å². The number of benzene rings is 1. The number of ether oxygens (including phenoxy) is 4. The van der Waals surface area contributed by atoms with Crippen molar-refractivity contribution in [3.05, 3.63) is 35.1 Å². The van der Waals surface area contributed by atoms with E-state index in [4.69, 9.17) is 18.9 Å². The molecule has 1 saturated heterocycles. The quantitative estimate of drug-likeness (QED) is 0.650. The Morgan fingerprint density at radius 1 is 1.36 bits per heavy atom. The monoisotopic (exact) mass is 457 g/mol. The molecule has 8 heteroatoms. The molecule has 1 spiro atoms. The fourth-order valence-electron chi connectivity index (χ4n) is 6.30. The van der Waals surface area contributed by atoms with Crippen LogP contribution < -0.4 is 9.47 Å². The van der Waals surface area contributed by atoms with E-state index in [0.29, 0.717) is 42.9 Å². The number of hydrogen-bond acceptors (Lipinski definition) is 8. The van der Waals surface area contributed by atoms with Gasteiger partial charge in [0.1, 0.15) is 5.76 Å². The molecule has 0 aromatic heterocycles. The van der Waals surface area contributed by atoms with Gasteiger partial charge in [0.25, 0.3) is 0 Å². The summed E-state index contributed by atoms with van der Waals surface area (Å²) in [5.74, 6) is 0.492. The summed E-state index contributed by atoms with van der Waals surface area (Å²) >= 11 is 0. The number of rotatable bonds is 6. The summed E-state index contributed by atoms with van der Waals surface area (Å²) in [6.45, 7) is 4.16. The summed E-state index contributed by atoms with van der Waals surface area (Å²) < 4.78 is 23.0. The molecule has 5 atom stereocenters. The van der Waals surface area contributed by atoms with Crippen LogP contribution in [0.4, 0.5) is 0 Å². The average molecular weight is 458 g/mol. The van der Waals surface area contributed by atoms with E-state index < -0.39 is 35.2 Å². The molecule has 4 aliphatic rings. The van der Waals surface area contributed by atoms with E-state index in [1.54, 1.807) is 13.2 Å². The number of likely N-dealkylation sites (tertiary alicyclic amines) is 1. The lowest BCUT2D eigenvalue weighted by Crippen LogP contribution is -2.74. The Bertz CT molecular complexity index is 1040. The smallest absolute Gasteiger partial charge is 0.352 e. The molecule has 2 aliphatic carbocycles. The normalized spacial score (nSPS) is 32.2. The van der Waals surface area contributed by atoms with Gasteiger partial charge < -0.3 is 29.0 Å². The second-order valence-electron chi connectivity index (χ2n) is 9.59. The lowest BCUT2D eigenvalue weighted by Gasteiger charge is -2.61. The standard InChI is InChI=1S/C25H31NO7/c1-5-6-19(27)31-14(2)23(28)32-17-9-10-25(29)18-13-15-7-8-16(30-4)21-20(15)24(25,22(17)33-21)11-12-26(18)3/h7-9,14,18,22,29H,5-6,10-13H2,1-4H3/t14-,18+,22?,24-,25+/m0/s1. The van der Waals surface area contributed by atoms with Crippen molar-refractivity contribution in [2.24, 2.45) is 0 Å². The van der Waals surface area contributed by atoms with Crippen molar-refractivity contribution in [3.8, 4) is 11.5 Å². The van der Waals surface area contributed by atoms with Crippen LogP contribution in [0.3, 0.4) is 0 Å². The molecular formula is C25H31NO7. The molecular weight excluding hydrogens is 426 g/mol. The van der Waals surface area contributed by atoms with Gasteiger partial charge in [-0.05, 0) is 57.5 Å². The lowest BCUT2D eigenvalue weighted by atomic mass is 9.50. The molecule has 8 nitrogen and oxygen atoms in total. The molecule has 5 rings (SSSR count). The molecule has 0 amide bonds. The summed E-state index contributed by atoms with van der Waals surface area (Å²) in [5, 5.41) is 12.2. The van der Waals surface area contributed by atoms with Crippen molar-refractivity contribution in [1.29, 1.82) is 0 Å². The minimum absolute atomic E-state index is 0.0772. The Kier molecular flexibility index (Phi) is 5.21. The molecule has 0 saturated carbocycles. The van der Waals surface area contributed by atoms with Crippen LogP contribution in [0, 0.1) is 0 Å². The maximum Gasteiger partial charge on any atom is 0.352 e. The Morgan fingerprint density at radius 3 is 2.88 bits per heavy atom. The third-order valence-electron chi connectivity index (χ3n) is 7.87. The molecule has 2 aliphatic heterocycles. The third-order valence-corrected chi connectivity index (χ3v) is 7.87. The van der Waals surface area contributed by atoms with E-state index in [9.17, 15) is 14.7 Å². The zero-order valence-corrected chi connectivity index (χ0v) is 19.6. The number of piperidine rings is 1. The first kappa shape index (κ1) is 22.2. The average Bonchev–Trinajstić information content (AvgIpc) is 3.13. The SMILES string of the molecule is CCCC(=O)O[C@@H](C)C(=O)OC1=CC[C@@]2(O)[C@H]3Cc4ccc(OC)c5c4[C@@]2(CCN3C)C1O5. The van der Waals surface area contributed by atoms with Gasteiger partial charge in [-0.1, -0.05) is 13.0 Å². The van der Waals surface area contributed by atoms with Crippen molar-refractivity contribution >= 4 is 11.9 Å². The van der Waals surface area contributed by atoms with E-state index >= 15 is 0 Å². The van der Waals surface area contributed by atoms with Gasteiger partial charge in [0.05, 0.1) is 18.1 Å².